The number of para-hydroxylation sites is 1. The molecule has 7 heteroatoms. The second-order valence-electron chi connectivity index (χ2n) is 8.44. The predicted molar refractivity (Wildman–Crippen MR) is 134 cm³/mol. The summed E-state index contributed by atoms with van der Waals surface area (Å²) in [5.41, 5.74) is 4.13. The maximum Gasteiger partial charge on any atom is 0.323 e. The van der Waals surface area contributed by atoms with E-state index in [4.69, 9.17) is 4.74 Å². The van der Waals surface area contributed by atoms with Gasteiger partial charge in [-0.1, -0.05) is 42.5 Å². The maximum atomic E-state index is 12.6. The Kier molecular flexibility index (Phi) is 7.91. The highest BCUT2D eigenvalue weighted by Crippen LogP contribution is 2.14. The zero-order chi connectivity index (χ0) is 23.8. The lowest BCUT2D eigenvalue weighted by Gasteiger charge is -2.31. The van der Waals surface area contributed by atoms with Gasteiger partial charge in [0.05, 0.1) is 12.7 Å². The Hall–Kier alpha value is -3.68. The van der Waals surface area contributed by atoms with Gasteiger partial charge >= 0.3 is 6.03 Å². The van der Waals surface area contributed by atoms with Crippen LogP contribution in [0.1, 0.15) is 28.4 Å². The third kappa shape index (κ3) is 6.91. The summed E-state index contributed by atoms with van der Waals surface area (Å²) in [5, 5.41) is 8.50. The highest BCUT2D eigenvalue weighted by molar-refractivity contribution is 6.00. The lowest BCUT2D eigenvalue weighted by molar-refractivity contribution is -0.0212. The topological polar surface area (TPSA) is 82.7 Å². The number of rotatable bonds is 7. The molecule has 1 aliphatic rings. The Morgan fingerprint density at radius 1 is 0.912 bits per heavy atom. The maximum absolute atomic E-state index is 12.6. The first kappa shape index (κ1) is 23.5. The van der Waals surface area contributed by atoms with E-state index in [0.29, 0.717) is 23.5 Å². The molecule has 7 nitrogen and oxygen atoms in total. The second-order valence-corrected chi connectivity index (χ2v) is 8.44. The molecule has 0 bridgehead atoms. The van der Waals surface area contributed by atoms with Gasteiger partial charge in [-0.25, -0.2) is 4.79 Å². The second kappa shape index (κ2) is 11.4. The van der Waals surface area contributed by atoms with Gasteiger partial charge in [0.15, 0.2) is 0 Å². The number of nitrogens with zero attached hydrogens (tertiary/aromatic N) is 1. The van der Waals surface area contributed by atoms with Crippen molar-refractivity contribution in [1.29, 1.82) is 0 Å². The van der Waals surface area contributed by atoms with E-state index >= 15 is 0 Å². The van der Waals surface area contributed by atoms with E-state index in [-0.39, 0.29) is 18.0 Å². The van der Waals surface area contributed by atoms with Crippen LogP contribution < -0.4 is 16.0 Å². The van der Waals surface area contributed by atoms with Gasteiger partial charge < -0.3 is 20.7 Å². The summed E-state index contributed by atoms with van der Waals surface area (Å²) in [6.07, 6.45) is 0.260. The zero-order valence-corrected chi connectivity index (χ0v) is 19.3. The van der Waals surface area contributed by atoms with Gasteiger partial charge in [0.2, 0.25) is 0 Å². The van der Waals surface area contributed by atoms with E-state index in [1.807, 2.05) is 42.5 Å². The minimum atomic E-state index is -0.338. The Labute approximate surface area is 200 Å². The quantitative estimate of drug-likeness (QED) is 0.488. The third-order valence-corrected chi connectivity index (χ3v) is 5.61. The first-order chi connectivity index (χ1) is 16.5. The number of hydrogen-bond acceptors (Lipinski definition) is 4. The monoisotopic (exact) mass is 458 g/mol. The van der Waals surface area contributed by atoms with Crippen LogP contribution in [0.5, 0.6) is 0 Å². The van der Waals surface area contributed by atoms with Crippen LogP contribution in [0.25, 0.3) is 0 Å². The summed E-state index contributed by atoms with van der Waals surface area (Å²) < 4.78 is 5.61. The fourth-order valence-electron chi connectivity index (χ4n) is 3.93. The minimum Gasteiger partial charge on any atom is -0.376 e. The SMILES string of the molecule is C[C@H]1CN(Cc2cccc(CNC(=O)c3ccc(NC(=O)Nc4ccccc4)cc3)c2)CCO1. The number of ether oxygens (including phenoxy) is 1. The van der Waals surface area contributed by atoms with Crippen molar-refractivity contribution in [2.75, 3.05) is 30.3 Å². The number of anilines is 2. The van der Waals surface area contributed by atoms with Crippen LogP contribution in [0.3, 0.4) is 0 Å². The number of morpholine rings is 1. The number of amides is 3. The highest BCUT2D eigenvalue weighted by atomic mass is 16.5. The fraction of sp³-hybridized carbons (Fsp3) is 0.259. The minimum absolute atomic E-state index is 0.160. The van der Waals surface area contributed by atoms with Crippen molar-refractivity contribution in [1.82, 2.24) is 10.2 Å². The molecule has 0 saturated carbocycles. The lowest BCUT2D eigenvalue weighted by Crippen LogP contribution is -2.40. The van der Waals surface area contributed by atoms with Gasteiger partial charge in [-0.2, -0.15) is 0 Å². The van der Waals surface area contributed by atoms with Crippen LogP contribution in [0.4, 0.5) is 16.2 Å². The van der Waals surface area contributed by atoms with Crippen LogP contribution in [0.15, 0.2) is 78.9 Å². The van der Waals surface area contributed by atoms with Crippen LogP contribution in [-0.4, -0.2) is 42.6 Å². The van der Waals surface area contributed by atoms with Crippen LogP contribution in [0.2, 0.25) is 0 Å². The largest absolute Gasteiger partial charge is 0.376 e. The molecule has 0 aromatic heterocycles. The van der Waals surface area contributed by atoms with Gasteiger partial charge in [-0.15, -0.1) is 0 Å². The summed E-state index contributed by atoms with van der Waals surface area (Å²) in [5.74, 6) is -0.160. The van der Waals surface area contributed by atoms with Crippen molar-refractivity contribution in [2.45, 2.75) is 26.1 Å². The first-order valence-corrected chi connectivity index (χ1v) is 11.5. The normalized spacial score (nSPS) is 16.0. The van der Waals surface area contributed by atoms with Gasteiger partial charge in [0, 0.05) is 43.1 Å². The molecule has 1 aliphatic heterocycles. The molecule has 0 aliphatic carbocycles. The summed E-state index contributed by atoms with van der Waals surface area (Å²) in [4.78, 5) is 27.1. The third-order valence-electron chi connectivity index (χ3n) is 5.61. The van der Waals surface area contributed by atoms with Gasteiger partial charge in [0.25, 0.3) is 5.91 Å². The van der Waals surface area contributed by atoms with Gasteiger partial charge in [-0.3, -0.25) is 9.69 Å². The van der Waals surface area contributed by atoms with Crippen LogP contribution in [-0.2, 0) is 17.8 Å². The van der Waals surface area contributed by atoms with E-state index in [9.17, 15) is 9.59 Å². The Morgan fingerprint density at radius 2 is 1.62 bits per heavy atom. The number of carbonyl (C=O) groups is 2. The zero-order valence-electron chi connectivity index (χ0n) is 19.3. The molecule has 0 spiro atoms. The van der Waals surface area contributed by atoms with Crippen LogP contribution in [0, 0.1) is 0 Å². The van der Waals surface area contributed by atoms with E-state index in [1.54, 1.807) is 24.3 Å². The smallest absolute Gasteiger partial charge is 0.323 e. The number of carbonyl (C=O) groups excluding carboxylic acids is 2. The molecule has 1 fully saturated rings. The van der Waals surface area contributed by atoms with E-state index in [2.05, 4.69) is 39.9 Å². The van der Waals surface area contributed by atoms with Gasteiger partial charge in [-0.05, 0) is 54.4 Å². The Morgan fingerprint density at radius 3 is 2.35 bits per heavy atom. The molecule has 176 valence electrons. The van der Waals surface area contributed by atoms with E-state index < -0.39 is 0 Å². The molecule has 0 radical (unpaired) electrons. The molecule has 3 amide bonds. The summed E-state index contributed by atoms with van der Waals surface area (Å²) >= 11 is 0. The molecule has 0 unspecified atom stereocenters. The number of urea groups is 1. The number of hydrogen-bond donors (Lipinski definition) is 3. The van der Waals surface area contributed by atoms with E-state index in [1.165, 1.54) is 5.56 Å². The number of benzene rings is 3. The molecule has 1 heterocycles. The van der Waals surface area contributed by atoms with Crippen molar-refractivity contribution in [2.24, 2.45) is 0 Å². The van der Waals surface area contributed by atoms with Gasteiger partial charge in [0.1, 0.15) is 0 Å². The summed E-state index contributed by atoms with van der Waals surface area (Å²) in [6, 6.07) is 24.0. The fourth-order valence-corrected chi connectivity index (χ4v) is 3.93. The van der Waals surface area contributed by atoms with Crippen molar-refractivity contribution < 1.29 is 14.3 Å². The van der Waals surface area contributed by atoms with Crippen molar-refractivity contribution >= 4 is 23.3 Å². The van der Waals surface area contributed by atoms with Crippen LogP contribution >= 0.6 is 0 Å². The van der Waals surface area contributed by atoms with Crippen molar-refractivity contribution in [3.8, 4) is 0 Å². The average Bonchev–Trinajstić information content (AvgIpc) is 2.84. The Balaban J connectivity index is 1.26. The predicted octanol–water partition coefficient (Wildman–Crippen LogP) is 4.48. The standard InChI is InChI=1S/C27H30N4O3/c1-20-18-31(14-15-34-20)19-22-7-5-6-21(16-22)17-28-26(32)23-10-12-25(13-11-23)30-27(33)29-24-8-3-2-4-9-24/h2-13,16,20H,14-15,17-19H2,1H3,(H,28,32)(H2,29,30,33)/t20-/m0/s1. The summed E-state index contributed by atoms with van der Waals surface area (Å²) in [6.45, 7) is 6.06. The van der Waals surface area contributed by atoms with E-state index in [0.717, 1.165) is 31.8 Å². The first-order valence-electron chi connectivity index (χ1n) is 11.5. The Bertz CT molecular complexity index is 1100. The number of nitrogens with one attached hydrogen (secondary N) is 3. The molecule has 1 atom stereocenters. The molecule has 4 rings (SSSR count). The molecule has 1 saturated heterocycles. The van der Waals surface area contributed by atoms with Crippen molar-refractivity contribution in [3.05, 3.63) is 95.6 Å². The highest BCUT2D eigenvalue weighted by Gasteiger charge is 2.16. The molecular formula is C27H30N4O3. The molecule has 34 heavy (non-hydrogen) atoms. The van der Waals surface area contributed by atoms with Crippen molar-refractivity contribution in [3.63, 3.8) is 0 Å². The molecule has 3 aromatic rings. The molecule has 3 aromatic carbocycles. The molecular weight excluding hydrogens is 428 g/mol. The summed E-state index contributed by atoms with van der Waals surface area (Å²) in [7, 11) is 0. The lowest BCUT2D eigenvalue weighted by atomic mass is 10.1. The molecule has 3 N–H and O–H groups in total. The average molecular weight is 459 g/mol.